The predicted octanol–water partition coefficient (Wildman–Crippen LogP) is 7.12. The Bertz CT molecular complexity index is 1440. The lowest BCUT2D eigenvalue weighted by molar-refractivity contribution is -0.133. The number of nitrogens with zero attached hydrogens (tertiary/aromatic N) is 3. The van der Waals surface area contributed by atoms with Gasteiger partial charge in [0.2, 0.25) is 5.91 Å². The number of fused-ring (bicyclic) bond motifs is 1. The summed E-state index contributed by atoms with van der Waals surface area (Å²) in [5.74, 6) is -0.388. The summed E-state index contributed by atoms with van der Waals surface area (Å²) in [6.07, 6.45) is 0.929. The highest BCUT2D eigenvalue weighted by Crippen LogP contribution is 2.43. The van der Waals surface area contributed by atoms with E-state index >= 15 is 0 Å². The second-order valence-electron chi connectivity index (χ2n) is 12.0. The molecule has 1 aliphatic heterocycles. The zero-order valence-corrected chi connectivity index (χ0v) is 24.2. The van der Waals surface area contributed by atoms with Crippen molar-refractivity contribution in [3.8, 4) is 6.07 Å². The zero-order valence-electron chi connectivity index (χ0n) is 24.2. The quantitative estimate of drug-likeness (QED) is 0.344. The average Bonchev–Trinajstić information content (AvgIpc) is 2.90. The zero-order chi connectivity index (χ0) is 29.2. The van der Waals surface area contributed by atoms with Gasteiger partial charge in [-0.15, -0.1) is 0 Å². The van der Waals surface area contributed by atoms with Crippen molar-refractivity contribution >= 4 is 22.8 Å². The number of carbonyl (C=O) groups excluding carboxylic acids is 2. The van der Waals surface area contributed by atoms with E-state index in [0.29, 0.717) is 24.9 Å². The molecule has 210 valence electrons. The Morgan fingerprint density at radius 3 is 2.48 bits per heavy atom. The first-order valence-electron chi connectivity index (χ1n) is 13.8. The average molecular weight is 544 g/mol. The number of benzene rings is 3. The Labute approximate surface area is 236 Å². The van der Waals surface area contributed by atoms with Crippen LogP contribution < -0.4 is 0 Å². The van der Waals surface area contributed by atoms with Crippen molar-refractivity contribution < 1.29 is 18.7 Å². The van der Waals surface area contributed by atoms with Gasteiger partial charge in [-0.25, -0.2) is 9.18 Å². The van der Waals surface area contributed by atoms with E-state index in [1.165, 1.54) is 12.1 Å². The molecule has 0 bridgehead atoms. The Morgan fingerprint density at radius 2 is 1.85 bits per heavy atom. The van der Waals surface area contributed by atoms with Crippen LogP contribution in [0.25, 0.3) is 10.8 Å². The largest absolute Gasteiger partial charge is 0.444 e. The predicted molar refractivity (Wildman–Crippen MR) is 154 cm³/mol. The maximum atomic E-state index is 14.0. The molecule has 0 aliphatic carbocycles. The molecule has 1 saturated heterocycles. The molecule has 0 radical (unpaired) electrons. The maximum absolute atomic E-state index is 14.0. The van der Waals surface area contributed by atoms with Gasteiger partial charge in [0.25, 0.3) is 0 Å². The third kappa shape index (κ3) is 6.12. The molecule has 2 amide bonds. The number of rotatable bonds is 5. The number of hydrogen-bond donors (Lipinski definition) is 0. The van der Waals surface area contributed by atoms with E-state index in [-0.39, 0.29) is 36.3 Å². The first kappa shape index (κ1) is 29.1. The lowest BCUT2D eigenvalue weighted by Crippen LogP contribution is -2.52. The van der Waals surface area contributed by atoms with E-state index in [4.69, 9.17) is 4.74 Å². The first-order chi connectivity index (χ1) is 18.8. The van der Waals surface area contributed by atoms with Crippen LogP contribution in [0.1, 0.15) is 76.6 Å². The van der Waals surface area contributed by atoms with Crippen molar-refractivity contribution in [1.29, 1.82) is 5.26 Å². The van der Waals surface area contributed by atoms with Crippen molar-refractivity contribution in [3.63, 3.8) is 0 Å². The monoisotopic (exact) mass is 543 g/mol. The normalized spacial score (nSPS) is 20.1. The number of carbonyl (C=O) groups is 2. The van der Waals surface area contributed by atoms with Crippen LogP contribution in [0.5, 0.6) is 0 Å². The minimum absolute atomic E-state index is 0.0545. The number of halogens is 1. The van der Waals surface area contributed by atoms with Crippen LogP contribution in [-0.2, 0) is 14.9 Å². The van der Waals surface area contributed by atoms with Gasteiger partial charge in [0.15, 0.2) is 0 Å². The fourth-order valence-electron chi connectivity index (χ4n) is 5.84. The summed E-state index contributed by atoms with van der Waals surface area (Å²) in [6, 6.07) is 19.7. The summed E-state index contributed by atoms with van der Waals surface area (Å²) < 4.78 is 19.5. The summed E-state index contributed by atoms with van der Waals surface area (Å²) in [4.78, 5) is 30.3. The second-order valence-corrected chi connectivity index (χ2v) is 12.0. The molecule has 1 aliphatic rings. The lowest BCUT2D eigenvalue weighted by Gasteiger charge is -2.46. The summed E-state index contributed by atoms with van der Waals surface area (Å²) in [5, 5.41) is 11.6. The van der Waals surface area contributed by atoms with Crippen LogP contribution in [0.2, 0.25) is 0 Å². The van der Waals surface area contributed by atoms with Crippen LogP contribution in [0.3, 0.4) is 0 Å². The Balaban J connectivity index is 1.63. The van der Waals surface area contributed by atoms with E-state index in [0.717, 1.165) is 21.9 Å². The third-order valence-electron chi connectivity index (χ3n) is 8.07. The number of ether oxygens (including phenoxy) is 1. The number of piperidine rings is 1. The van der Waals surface area contributed by atoms with Gasteiger partial charge in [-0.1, -0.05) is 36.4 Å². The highest BCUT2D eigenvalue weighted by Gasteiger charge is 2.44. The van der Waals surface area contributed by atoms with Crippen molar-refractivity contribution in [2.75, 3.05) is 13.6 Å². The standard InChI is InChI=1S/C33H38FN3O3/c1-22-19-33(26-11-13-27(34)14-12-26,15-16-37(22)31(39)40-32(3,4)5)20-30(38)36(6)23(2)29-18-24(21-35)17-25-9-7-8-10-28(25)29/h7-14,17-18,22-23H,15-16,19-20H2,1-6H3. The molecule has 1 heterocycles. The van der Waals surface area contributed by atoms with E-state index in [9.17, 15) is 19.2 Å². The van der Waals surface area contributed by atoms with Gasteiger partial charge in [-0.3, -0.25) is 4.79 Å². The molecular weight excluding hydrogens is 505 g/mol. The van der Waals surface area contributed by atoms with Crippen LogP contribution in [-0.4, -0.2) is 47.0 Å². The first-order valence-corrected chi connectivity index (χ1v) is 13.8. The second kappa shape index (κ2) is 11.3. The fourth-order valence-corrected chi connectivity index (χ4v) is 5.84. The molecule has 0 spiro atoms. The van der Waals surface area contributed by atoms with Crippen LogP contribution in [0, 0.1) is 17.1 Å². The smallest absolute Gasteiger partial charge is 0.410 e. The summed E-state index contributed by atoms with van der Waals surface area (Å²) >= 11 is 0. The van der Waals surface area contributed by atoms with Crippen molar-refractivity contribution in [2.45, 2.75) is 77.0 Å². The number of likely N-dealkylation sites (tertiary alicyclic amines) is 1. The van der Waals surface area contributed by atoms with Gasteiger partial charge in [-0.2, -0.15) is 5.26 Å². The molecule has 3 aromatic carbocycles. The molecule has 3 atom stereocenters. The molecule has 3 aromatic rings. The van der Waals surface area contributed by atoms with Gasteiger partial charge < -0.3 is 14.5 Å². The molecule has 1 fully saturated rings. The van der Waals surface area contributed by atoms with Crippen LogP contribution in [0.15, 0.2) is 60.7 Å². The van der Waals surface area contributed by atoms with Crippen LogP contribution >= 0.6 is 0 Å². The molecule has 0 saturated carbocycles. The molecule has 0 N–H and O–H groups in total. The Morgan fingerprint density at radius 1 is 1.18 bits per heavy atom. The van der Waals surface area contributed by atoms with E-state index in [1.54, 1.807) is 29.0 Å². The van der Waals surface area contributed by atoms with Crippen molar-refractivity contribution in [3.05, 3.63) is 83.2 Å². The van der Waals surface area contributed by atoms with Gasteiger partial charge in [0, 0.05) is 31.5 Å². The van der Waals surface area contributed by atoms with E-state index in [1.807, 2.05) is 71.0 Å². The SMILES string of the molecule is CC(c1cc(C#N)cc2ccccc12)N(C)C(=O)CC1(c2ccc(F)cc2)CCN(C(=O)OC(C)(C)C)C(C)C1. The molecule has 40 heavy (non-hydrogen) atoms. The third-order valence-corrected chi connectivity index (χ3v) is 8.07. The Hall–Kier alpha value is -3.92. The summed E-state index contributed by atoms with van der Waals surface area (Å²) in [5.41, 5.74) is 1.16. The molecule has 4 rings (SSSR count). The topological polar surface area (TPSA) is 73.6 Å². The molecular formula is C33H38FN3O3. The fraction of sp³-hybridized carbons (Fsp3) is 0.424. The van der Waals surface area contributed by atoms with Crippen molar-refractivity contribution in [1.82, 2.24) is 9.80 Å². The highest BCUT2D eigenvalue weighted by molar-refractivity contribution is 5.88. The maximum Gasteiger partial charge on any atom is 0.410 e. The lowest BCUT2D eigenvalue weighted by atomic mass is 9.68. The Kier molecular flexibility index (Phi) is 8.20. The summed E-state index contributed by atoms with van der Waals surface area (Å²) in [7, 11) is 1.79. The van der Waals surface area contributed by atoms with Gasteiger partial charge >= 0.3 is 6.09 Å². The molecule has 7 heteroatoms. The molecule has 6 nitrogen and oxygen atoms in total. The number of amides is 2. The highest BCUT2D eigenvalue weighted by atomic mass is 19.1. The van der Waals surface area contributed by atoms with Crippen LogP contribution in [0.4, 0.5) is 9.18 Å². The minimum Gasteiger partial charge on any atom is -0.444 e. The van der Waals surface area contributed by atoms with E-state index < -0.39 is 11.0 Å². The van der Waals surface area contributed by atoms with Crippen molar-refractivity contribution in [2.24, 2.45) is 0 Å². The number of hydrogen-bond acceptors (Lipinski definition) is 4. The molecule has 0 aromatic heterocycles. The van der Waals surface area contributed by atoms with Gasteiger partial charge in [0.1, 0.15) is 11.4 Å². The minimum atomic E-state index is -0.607. The van der Waals surface area contributed by atoms with Gasteiger partial charge in [0.05, 0.1) is 17.7 Å². The molecule has 3 unspecified atom stereocenters. The van der Waals surface area contributed by atoms with E-state index in [2.05, 4.69) is 6.07 Å². The number of nitriles is 1. The van der Waals surface area contributed by atoms with Gasteiger partial charge in [-0.05, 0) is 93.6 Å². The summed E-state index contributed by atoms with van der Waals surface area (Å²) in [6.45, 7) is 9.89.